The van der Waals surface area contributed by atoms with E-state index in [9.17, 15) is 35.9 Å². The first-order valence-corrected chi connectivity index (χ1v) is 12.9. The number of benzene rings is 1. The zero-order valence-electron chi connectivity index (χ0n) is 22.9. The number of ether oxygens (including phenoxy) is 1. The predicted molar refractivity (Wildman–Crippen MR) is 139 cm³/mol. The van der Waals surface area contributed by atoms with Gasteiger partial charge in [0.05, 0.1) is 31.2 Å². The first-order valence-electron chi connectivity index (χ1n) is 12.9. The predicted octanol–water partition coefficient (Wildman–Crippen LogP) is 3.56. The Bertz CT molecular complexity index is 1570. The minimum atomic E-state index is -4.85. The van der Waals surface area contributed by atoms with Crippen molar-refractivity contribution in [3.63, 3.8) is 0 Å². The van der Waals surface area contributed by atoms with Gasteiger partial charge in [0.25, 0.3) is 17.7 Å². The molecule has 0 saturated heterocycles. The van der Waals surface area contributed by atoms with E-state index < -0.39 is 36.0 Å². The maximum atomic E-state index is 14.6. The van der Waals surface area contributed by atoms with Crippen LogP contribution < -0.4 is 15.4 Å². The van der Waals surface area contributed by atoms with Crippen molar-refractivity contribution in [1.29, 1.82) is 0 Å². The molecule has 1 unspecified atom stereocenters. The molecule has 0 aliphatic heterocycles. The van der Waals surface area contributed by atoms with Gasteiger partial charge in [0, 0.05) is 38.2 Å². The van der Waals surface area contributed by atoms with Gasteiger partial charge in [-0.25, -0.2) is 17.9 Å². The van der Waals surface area contributed by atoms with Crippen LogP contribution in [0.25, 0.3) is 0 Å². The molecule has 0 aliphatic rings. The van der Waals surface area contributed by atoms with Crippen LogP contribution in [0.1, 0.15) is 51.1 Å². The summed E-state index contributed by atoms with van der Waals surface area (Å²) in [5, 5.41) is 20.0. The molecule has 234 valence electrons. The summed E-state index contributed by atoms with van der Waals surface area (Å²) in [6.45, 7) is 0.429. The van der Waals surface area contributed by atoms with E-state index in [1.54, 1.807) is 0 Å². The molecular formula is C26H25F6N9O3. The highest BCUT2D eigenvalue weighted by molar-refractivity contribution is 5.92. The number of halogens is 6. The van der Waals surface area contributed by atoms with Crippen molar-refractivity contribution in [2.24, 2.45) is 0 Å². The van der Waals surface area contributed by atoms with Crippen LogP contribution in [0, 0.1) is 0 Å². The largest absolute Gasteiger partial charge is 0.573 e. The van der Waals surface area contributed by atoms with Gasteiger partial charge in [-0.05, 0) is 29.8 Å². The zero-order chi connectivity index (χ0) is 31.9. The van der Waals surface area contributed by atoms with Crippen molar-refractivity contribution in [1.82, 2.24) is 45.6 Å². The summed E-state index contributed by atoms with van der Waals surface area (Å²) in [6, 6.07) is 7.68. The van der Waals surface area contributed by atoms with Crippen molar-refractivity contribution in [2.45, 2.75) is 58.0 Å². The number of nitrogens with one attached hydrogen (secondary N) is 2. The molecule has 18 heteroatoms. The first-order chi connectivity index (χ1) is 20.7. The number of rotatable bonds is 13. The van der Waals surface area contributed by atoms with Crippen molar-refractivity contribution >= 4 is 11.8 Å². The molecule has 3 heterocycles. The fourth-order valence-electron chi connectivity index (χ4n) is 3.75. The highest BCUT2D eigenvalue weighted by Crippen LogP contribution is 2.26. The number of aromatic nitrogens is 7. The first kappa shape index (κ1) is 31.9. The van der Waals surface area contributed by atoms with Gasteiger partial charge < -0.3 is 15.4 Å². The minimum absolute atomic E-state index is 0.0319. The van der Waals surface area contributed by atoms with Crippen molar-refractivity contribution in [3.05, 3.63) is 83.2 Å². The summed E-state index contributed by atoms with van der Waals surface area (Å²) in [4.78, 5) is 28.6. The molecular weight excluding hydrogens is 600 g/mol. The number of alkyl halides is 6. The number of carbonyl (C=O) groups excluding carboxylic acids is 2. The second kappa shape index (κ2) is 13.5. The Morgan fingerprint density at radius 1 is 0.932 bits per heavy atom. The van der Waals surface area contributed by atoms with Crippen LogP contribution in [-0.4, -0.2) is 59.3 Å². The van der Waals surface area contributed by atoms with Gasteiger partial charge in [-0.1, -0.05) is 22.6 Å². The van der Waals surface area contributed by atoms with Gasteiger partial charge in [0.15, 0.2) is 11.4 Å². The van der Waals surface area contributed by atoms with Crippen molar-refractivity contribution < 1.29 is 40.7 Å². The van der Waals surface area contributed by atoms with Gasteiger partial charge in [-0.3, -0.25) is 19.3 Å². The van der Waals surface area contributed by atoms with Gasteiger partial charge in [-0.2, -0.15) is 0 Å². The Kier molecular flexibility index (Phi) is 9.80. The Morgan fingerprint density at radius 3 is 2.23 bits per heavy atom. The van der Waals surface area contributed by atoms with Gasteiger partial charge >= 0.3 is 6.36 Å². The molecule has 4 aromatic rings. The molecule has 0 spiro atoms. The highest BCUT2D eigenvalue weighted by Gasteiger charge is 2.31. The number of amides is 2. The normalized spacial score (nSPS) is 12.5. The van der Waals surface area contributed by atoms with E-state index >= 15 is 0 Å². The Balaban J connectivity index is 1.19. The second-order valence-electron chi connectivity index (χ2n) is 9.57. The number of hydrogen-bond donors (Lipinski definition) is 2. The van der Waals surface area contributed by atoms with Crippen LogP contribution in [0.2, 0.25) is 0 Å². The molecule has 12 nitrogen and oxygen atoms in total. The fourth-order valence-corrected chi connectivity index (χ4v) is 3.75. The third-order valence-corrected chi connectivity index (χ3v) is 5.95. The van der Waals surface area contributed by atoms with E-state index in [2.05, 4.69) is 41.0 Å². The molecule has 0 radical (unpaired) electrons. The number of hydrogen-bond acceptors (Lipinski definition) is 8. The molecule has 3 aromatic heterocycles. The van der Waals surface area contributed by atoms with Crippen molar-refractivity contribution in [3.8, 4) is 5.75 Å². The van der Waals surface area contributed by atoms with Crippen LogP contribution in [0.4, 0.5) is 26.3 Å². The quantitative estimate of drug-likeness (QED) is 0.215. The summed E-state index contributed by atoms with van der Waals surface area (Å²) in [6.07, 6.45) is -2.75. The molecule has 0 aliphatic carbocycles. The Morgan fingerprint density at radius 2 is 1.59 bits per heavy atom. The fraction of sp³-hybridized carbons (Fsp3) is 0.346. The Labute approximate surface area is 245 Å². The lowest BCUT2D eigenvalue weighted by atomic mass is 10.1. The summed E-state index contributed by atoms with van der Waals surface area (Å²) in [5.41, 5.74) is 0.291. The summed E-state index contributed by atoms with van der Waals surface area (Å²) in [5.74, 6) is -4.72. The second-order valence-corrected chi connectivity index (χ2v) is 9.57. The minimum Gasteiger partial charge on any atom is -0.406 e. The molecule has 1 aromatic carbocycles. The average molecular weight is 626 g/mol. The van der Waals surface area contributed by atoms with Crippen LogP contribution in [0.15, 0.2) is 55.0 Å². The third kappa shape index (κ3) is 9.50. The maximum Gasteiger partial charge on any atom is 0.573 e. The monoisotopic (exact) mass is 625 g/mol. The lowest BCUT2D eigenvalue weighted by molar-refractivity contribution is -0.274. The van der Waals surface area contributed by atoms with E-state index in [-0.39, 0.29) is 49.6 Å². The molecule has 0 fully saturated rings. The molecule has 4 rings (SSSR count). The van der Waals surface area contributed by atoms with Gasteiger partial charge in [0.1, 0.15) is 11.9 Å². The van der Waals surface area contributed by atoms with Gasteiger partial charge in [-0.15, -0.1) is 23.4 Å². The molecule has 2 amide bonds. The van der Waals surface area contributed by atoms with E-state index in [1.165, 1.54) is 41.3 Å². The number of carbonyl (C=O) groups is 2. The van der Waals surface area contributed by atoms with Crippen LogP contribution in [0.3, 0.4) is 0 Å². The van der Waals surface area contributed by atoms with Crippen LogP contribution >= 0.6 is 0 Å². The molecule has 2 N–H and O–H groups in total. The van der Waals surface area contributed by atoms with E-state index in [4.69, 9.17) is 0 Å². The standard InChI is InChI=1S/C26H25F6N9O3/c1-25(28,29)17-5-6-19(33-11-17)12-35-24(43)21-14-40(38-36-21)8-7-18(27)13-41-15-22(37-39-41)23(42)34-10-16-3-2-4-20(9-16)44-26(30,31)32/h2-6,9,11,14-15,18H,7-8,10,12-13H2,1H3,(H,34,42)(H,35,43). The smallest absolute Gasteiger partial charge is 0.406 e. The molecule has 0 bridgehead atoms. The summed E-state index contributed by atoms with van der Waals surface area (Å²) < 4.78 is 84.6. The third-order valence-electron chi connectivity index (χ3n) is 5.95. The zero-order valence-corrected chi connectivity index (χ0v) is 22.9. The number of nitrogens with zero attached hydrogens (tertiary/aromatic N) is 7. The number of aryl methyl sites for hydroxylation is 1. The molecule has 44 heavy (non-hydrogen) atoms. The summed E-state index contributed by atoms with van der Waals surface area (Å²) in [7, 11) is 0. The molecule has 1 atom stereocenters. The van der Waals surface area contributed by atoms with Gasteiger partial charge in [0.2, 0.25) is 0 Å². The topological polar surface area (TPSA) is 142 Å². The average Bonchev–Trinajstić information content (AvgIpc) is 3.63. The SMILES string of the molecule is CC(F)(F)c1ccc(CNC(=O)c2cn(CCC(F)Cn3cc(C(=O)NCc4cccc(OC(F)(F)F)c4)nn3)nn2)nc1. The van der Waals surface area contributed by atoms with E-state index in [1.807, 2.05) is 0 Å². The Hall–Kier alpha value is -5.03. The number of pyridine rings is 1. The maximum absolute atomic E-state index is 14.6. The summed E-state index contributed by atoms with van der Waals surface area (Å²) >= 11 is 0. The van der Waals surface area contributed by atoms with Crippen molar-refractivity contribution in [2.75, 3.05) is 0 Å². The van der Waals surface area contributed by atoms with E-state index in [0.29, 0.717) is 11.3 Å². The highest BCUT2D eigenvalue weighted by atomic mass is 19.4. The van der Waals surface area contributed by atoms with Crippen LogP contribution in [-0.2, 0) is 32.1 Å². The lowest BCUT2D eigenvalue weighted by Gasteiger charge is -2.10. The lowest BCUT2D eigenvalue weighted by Crippen LogP contribution is -2.24. The molecule has 0 saturated carbocycles. The van der Waals surface area contributed by atoms with Crippen LogP contribution in [0.5, 0.6) is 5.75 Å². The van der Waals surface area contributed by atoms with E-state index in [0.717, 1.165) is 29.9 Å².